The second kappa shape index (κ2) is 7.23. The van der Waals surface area contributed by atoms with Crippen molar-refractivity contribution in [3.8, 4) is 0 Å². The SMILES string of the molecule is Cc1nc(NC(=O)c2ccc(CN3CCCCC3)cc2)sc1C. The van der Waals surface area contributed by atoms with E-state index in [2.05, 4.69) is 27.3 Å². The van der Waals surface area contributed by atoms with E-state index >= 15 is 0 Å². The van der Waals surface area contributed by atoms with Crippen LogP contribution in [0.4, 0.5) is 5.13 Å². The highest BCUT2D eigenvalue weighted by Gasteiger charge is 2.12. The summed E-state index contributed by atoms with van der Waals surface area (Å²) in [7, 11) is 0. The molecule has 1 aromatic heterocycles. The van der Waals surface area contributed by atoms with Crippen LogP contribution in [0.15, 0.2) is 24.3 Å². The third-order valence-electron chi connectivity index (χ3n) is 4.32. The Balaban J connectivity index is 1.60. The first-order valence-electron chi connectivity index (χ1n) is 8.18. The number of piperidine rings is 1. The molecule has 0 saturated carbocycles. The molecule has 1 aliphatic heterocycles. The van der Waals surface area contributed by atoms with Gasteiger partial charge in [-0.3, -0.25) is 15.0 Å². The van der Waals surface area contributed by atoms with Gasteiger partial charge in [0.15, 0.2) is 5.13 Å². The van der Waals surface area contributed by atoms with Crippen LogP contribution in [0.5, 0.6) is 0 Å². The van der Waals surface area contributed by atoms with Crippen molar-refractivity contribution in [2.45, 2.75) is 39.7 Å². The molecule has 0 aliphatic carbocycles. The zero-order chi connectivity index (χ0) is 16.2. The van der Waals surface area contributed by atoms with Gasteiger partial charge in [0.05, 0.1) is 5.69 Å². The number of anilines is 1. The Bertz CT molecular complexity index is 653. The predicted molar refractivity (Wildman–Crippen MR) is 95.1 cm³/mol. The Hall–Kier alpha value is -1.72. The number of thiazole rings is 1. The summed E-state index contributed by atoms with van der Waals surface area (Å²) in [4.78, 5) is 20.3. The molecule has 122 valence electrons. The number of amides is 1. The van der Waals surface area contributed by atoms with Gasteiger partial charge in [0.25, 0.3) is 5.91 Å². The van der Waals surface area contributed by atoms with Crippen LogP contribution < -0.4 is 5.32 Å². The number of carbonyl (C=O) groups is 1. The fourth-order valence-corrected chi connectivity index (χ4v) is 3.64. The molecular formula is C18H23N3OS. The Morgan fingerprint density at radius 3 is 2.48 bits per heavy atom. The first kappa shape index (κ1) is 16.1. The number of hydrogen-bond acceptors (Lipinski definition) is 4. The normalized spacial score (nSPS) is 15.6. The van der Waals surface area contributed by atoms with Gasteiger partial charge >= 0.3 is 0 Å². The number of nitrogens with zero attached hydrogens (tertiary/aromatic N) is 2. The lowest BCUT2D eigenvalue weighted by Gasteiger charge is -2.26. The van der Waals surface area contributed by atoms with Crippen molar-refractivity contribution in [1.29, 1.82) is 0 Å². The molecule has 1 saturated heterocycles. The van der Waals surface area contributed by atoms with E-state index in [9.17, 15) is 4.79 Å². The number of aromatic nitrogens is 1. The number of likely N-dealkylation sites (tertiary alicyclic amines) is 1. The molecule has 23 heavy (non-hydrogen) atoms. The van der Waals surface area contributed by atoms with E-state index in [1.54, 1.807) is 0 Å². The molecular weight excluding hydrogens is 306 g/mol. The topological polar surface area (TPSA) is 45.2 Å². The number of carbonyl (C=O) groups excluding carboxylic acids is 1. The van der Waals surface area contributed by atoms with Gasteiger partial charge < -0.3 is 0 Å². The van der Waals surface area contributed by atoms with E-state index in [0.29, 0.717) is 10.7 Å². The minimum atomic E-state index is -0.0942. The first-order chi connectivity index (χ1) is 11.1. The molecule has 1 amide bonds. The van der Waals surface area contributed by atoms with Crippen LogP contribution in [-0.4, -0.2) is 28.9 Å². The van der Waals surface area contributed by atoms with Gasteiger partial charge in [0.2, 0.25) is 0 Å². The standard InChI is InChI=1S/C18H23N3OS/c1-13-14(2)23-18(19-13)20-17(22)16-8-6-15(7-9-16)12-21-10-4-3-5-11-21/h6-9H,3-5,10-12H2,1-2H3,(H,19,20,22). The van der Waals surface area contributed by atoms with Crippen LogP contribution in [0.2, 0.25) is 0 Å². The lowest BCUT2D eigenvalue weighted by atomic mass is 10.1. The van der Waals surface area contributed by atoms with E-state index < -0.39 is 0 Å². The van der Waals surface area contributed by atoms with Crippen LogP contribution in [-0.2, 0) is 6.54 Å². The van der Waals surface area contributed by atoms with E-state index in [-0.39, 0.29) is 5.91 Å². The highest BCUT2D eigenvalue weighted by Crippen LogP contribution is 2.22. The Labute approximate surface area is 141 Å². The summed E-state index contributed by atoms with van der Waals surface area (Å²) in [6.45, 7) is 7.32. The van der Waals surface area contributed by atoms with Gasteiger partial charge in [-0.05, 0) is 57.5 Å². The number of rotatable bonds is 4. The molecule has 2 heterocycles. The second-order valence-corrected chi connectivity index (χ2v) is 7.35. The first-order valence-corrected chi connectivity index (χ1v) is 9.00. The summed E-state index contributed by atoms with van der Waals surface area (Å²) in [6, 6.07) is 7.92. The van der Waals surface area contributed by atoms with E-state index in [1.807, 2.05) is 26.0 Å². The molecule has 1 fully saturated rings. The molecule has 0 spiro atoms. The molecule has 1 aliphatic rings. The lowest BCUT2D eigenvalue weighted by molar-refractivity contribution is 0.102. The second-order valence-electron chi connectivity index (χ2n) is 6.15. The number of hydrogen-bond donors (Lipinski definition) is 1. The van der Waals surface area contributed by atoms with Crippen LogP contribution >= 0.6 is 11.3 Å². The summed E-state index contributed by atoms with van der Waals surface area (Å²) in [5.74, 6) is -0.0942. The molecule has 3 rings (SSSR count). The quantitative estimate of drug-likeness (QED) is 0.922. The fourth-order valence-electron chi connectivity index (χ4n) is 2.83. The summed E-state index contributed by atoms with van der Waals surface area (Å²) in [6.07, 6.45) is 3.95. The van der Waals surface area contributed by atoms with Gasteiger partial charge in [-0.2, -0.15) is 0 Å². The van der Waals surface area contributed by atoms with Crippen molar-refractivity contribution in [3.05, 3.63) is 46.0 Å². The van der Waals surface area contributed by atoms with Crippen molar-refractivity contribution in [3.63, 3.8) is 0 Å². The lowest BCUT2D eigenvalue weighted by Crippen LogP contribution is -2.29. The number of nitrogens with one attached hydrogen (secondary N) is 1. The number of aryl methyl sites for hydroxylation is 2. The zero-order valence-electron chi connectivity index (χ0n) is 13.8. The van der Waals surface area contributed by atoms with Gasteiger partial charge in [-0.15, -0.1) is 11.3 Å². The van der Waals surface area contributed by atoms with E-state index in [1.165, 1.54) is 49.3 Å². The monoisotopic (exact) mass is 329 g/mol. The van der Waals surface area contributed by atoms with E-state index in [0.717, 1.165) is 17.1 Å². The maximum atomic E-state index is 12.3. The van der Waals surface area contributed by atoms with Crippen molar-refractivity contribution in [1.82, 2.24) is 9.88 Å². The summed E-state index contributed by atoms with van der Waals surface area (Å²) >= 11 is 1.51. The third-order valence-corrected chi connectivity index (χ3v) is 5.31. The molecule has 4 nitrogen and oxygen atoms in total. The van der Waals surface area contributed by atoms with Gasteiger partial charge in [-0.1, -0.05) is 18.6 Å². The summed E-state index contributed by atoms with van der Waals surface area (Å²) in [5, 5.41) is 3.55. The average molecular weight is 329 g/mol. The van der Waals surface area contributed by atoms with Crippen molar-refractivity contribution in [2.75, 3.05) is 18.4 Å². The Morgan fingerprint density at radius 1 is 1.17 bits per heavy atom. The van der Waals surface area contributed by atoms with Gasteiger partial charge in [0, 0.05) is 17.0 Å². The molecule has 0 atom stereocenters. The third kappa shape index (κ3) is 4.18. The summed E-state index contributed by atoms with van der Waals surface area (Å²) < 4.78 is 0. The Kier molecular flexibility index (Phi) is 5.08. The average Bonchev–Trinajstić information content (AvgIpc) is 2.87. The molecule has 2 aromatic rings. The molecule has 0 bridgehead atoms. The smallest absolute Gasteiger partial charge is 0.257 e. The van der Waals surface area contributed by atoms with Crippen LogP contribution in [0, 0.1) is 13.8 Å². The molecule has 1 aromatic carbocycles. The van der Waals surface area contributed by atoms with Crippen LogP contribution in [0.1, 0.15) is 45.8 Å². The fraction of sp³-hybridized carbons (Fsp3) is 0.444. The highest BCUT2D eigenvalue weighted by molar-refractivity contribution is 7.15. The largest absolute Gasteiger partial charge is 0.299 e. The van der Waals surface area contributed by atoms with Gasteiger partial charge in [-0.25, -0.2) is 4.98 Å². The van der Waals surface area contributed by atoms with Crippen LogP contribution in [0.25, 0.3) is 0 Å². The molecule has 5 heteroatoms. The number of benzene rings is 1. The maximum absolute atomic E-state index is 12.3. The minimum Gasteiger partial charge on any atom is -0.299 e. The Morgan fingerprint density at radius 2 is 1.87 bits per heavy atom. The molecule has 0 radical (unpaired) electrons. The predicted octanol–water partition coefficient (Wildman–Crippen LogP) is 4.00. The van der Waals surface area contributed by atoms with Crippen LogP contribution in [0.3, 0.4) is 0 Å². The molecule has 1 N–H and O–H groups in total. The zero-order valence-corrected chi connectivity index (χ0v) is 14.6. The highest BCUT2D eigenvalue weighted by atomic mass is 32.1. The van der Waals surface area contributed by atoms with Crippen molar-refractivity contribution < 1.29 is 4.79 Å². The van der Waals surface area contributed by atoms with Crippen molar-refractivity contribution >= 4 is 22.4 Å². The maximum Gasteiger partial charge on any atom is 0.257 e. The van der Waals surface area contributed by atoms with Gasteiger partial charge in [0.1, 0.15) is 0 Å². The van der Waals surface area contributed by atoms with E-state index in [4.69, 9.17) is 0 Å². The minimum absolute atomic E-state index is 0.0942. The molecule has 0 unspecified atom stereocenters. The summed E-state index contributed by atoms with van der Waals surface area (Å²) in [5.41, 5.74) is 2.92. The van der Waals surface area contributed by atoms with Crippen molar-refractivity contribution in [2.24, 2.45) is 0 Å².